The number of hydrogen-bond donors (Lipinski definition) is 0. The highest BCUT2D eigenvalue weighted by Gasteiger charge is 2.44. The van der Waals surface area contributed by atoms with Crippen LogP contribution in [0.2, 0.25) is 0 Å². The van der Waals surface area contributed by atoms with Crippen LogP contribution in [0.3, 0.4) is 0 Å². The first-order valence-corrected chi connectivity index (χ1v) is 6.06. The predicted octanol–water partition coefficient (Wildman–Crippen LogP) is 3.40. The Hall–Kier alpha value is -0.0400. The van der Waals surface area contributed by atoms with Gasteiger partial charge in [-0.15, -0.1) is 0 Å². The van der Waals surface area contributed by atoms with Gasteiger partial charge in [0.25, 0.3) is 0 Å². The zero-order chi connectivity index (χ0) is 10.9. The summed E-state index contributed by atoms with van der Waals surface area (Å²) in [6.45, 7) is 9.60. The van der Waals surface area contributed by atoms with E-state index in [-0.39, 0.29) is 0 Å². The summed E-state index contributed by atoms with van der Waals surface area (Å²) >= 11 is 0. The first-order valence-electron chi connectivity index (χ1n) is 6.06. The molecule has 1 rings (SSSR count). The standard InChI is InChI=1S/C13H27N/c1-10(2)13(11(3)4)8-7-12(9-13)14(5)6/h10-12H,7-9H2,1-6H3. The lowest BCUT2D eigenvalue weighted by atomic mass is 9.67. The van der Waals surface area contributed by atoms with E-state index in [0.717, 1.165) is 17.9 Å². The van der Waals surface area contributed by atoms with Gasteiger partial charge in [0.05, 0.1) is 0 Å². The van der Waals surface area contributed by atoms with Crippen molar-refractivity contribution in [3.63, 3.8) is 0 Å². The minimum absolute atomic E-state index is 0.606. The third kappa shape index (κ3) is 1.98. The van der Waals surface area contributed by atoms with Crippen molar-refractivity contribution >= 4 is 0 Å². The highest BCUT2D eigenvalue weighted by atomic mass is 15.1. The van der Waals surface area contributed by atoms with Crippen LogP contribution in [0.1, 0.15) is 47.0 Å². The van der Waals surface area contributed by atoms with Gasteiger partial charge >= 0.3 is 0 Å². The molecule has 1 fully saturated rings. The quantitative estimate of drug-likeness (QED) is 0.670. The van der Waals surface area contributed by atoms with Crippen molar-refractivity contribution in [2.45, 2.75) is 53.0 Å². The van der Waals surface area contributed by atoms with E-state index in [1.165, 1.54) is 19.3 Å². The second-order valence-corrected chi connectivity index (χ2v) is 5.90. The normalized spacial score (nSPS) is 26.8. The zero-order valence-electron chi connectivity index (χ0n) is 10.8. The molecule has 0 aromatic carbocycles. The molecule has 0 N–H and O–H groups in total. The van der Waals surface area contributed by atoms with Gasteiger partial charge in [0.2, 0.25) is 0 Å². The van der Waals surface area contributed by atoms with E-state index in [1.54, 1.807) is 0 Å². The van der Waals surface area contributed by atoms with Crippen molar-refractivity contribution in [3.05, 3.63) is 0 Å². The fraction of sp³-hybridized carbons (Fsp3) is 1.00. The van der Waals surface area contributed by atoms with E-state index in [2.05, 4.69) is 46.7 Å². The number of rotatable bonds is 3. The molecule has 1 atom stereocenters. The minimum atomic E-state index is 0.606. The van der Waals surface area contributed by atoms with Crippen LogP contribution in [0.15, 0.2) is 0 Å². The smallest absolute Gasteiger partial charge is 0.00948 e. The van der Waals surface area contributed by atoms with Gasteiger partial charge in [0, 0.05) is 6.04 Å². The molecule has 84 valence electrons. The van der Waals surface area contributed by atoms with Gasteiger partial charge in [0.15, 0.2) is 0 Å². The van der Waals surface area contributed by atoms with E-state index < -0.39 is 0 Å². The third-order valence-corrected chi connectivity index (χ3v) is 4.59. The van der Waals surface area contributed by atoms with Crippen LogP contribution in [0.5, 0.6) is 0 Å². The topological polar surface area (TPSA) is 3.24 Å². The molecule has 1 saturated carbocycles. The van der Waals surface area contributed by atoms with Crippen molar-refractivity contribution in [2.75, 3.05) is 14.1 Å². The first-order chi connectivity index (χ1) is 6.40. The molecule has 0 aromatic rings. The molecule has 1 unspecified atom stereocenters. The molecule has 0 aromatic heterocycles. The van der Waals surface area contributed by atoms with Crippen LogP contribution in [0.4, 0.5) is 0 Å². The monoisotopic (exact) mass is 197 g/mol. The maximum absolute atomic E-state index is 2.41. The van der Waals surface area contributed by atoms with Gasteiger partial charge in [-0.25, -0.2) is 0 Å². The lowest BCUT2D eigenvalue weighted by Crippen LogP contribution is -2.33. The Morgan fingerprint density at radius 2 is 1.57 bits per heavy atom. The molecule has 1 aliphatic carbocycles. The molecule has 1 nitrogen and oxygen atoms in total. The Balaban J connectivity index is 2.75. The van der Waals surface area contributed by atoms with Crippen LogP contribution in [-0.2, 0) is 0 Å². The van der Waals surface area contributed by atoms with Crippen LogP contribution in [0, 0.1) is 17.3 Å². The van der Waals surface area contributed by atoms with Gasteiger partial charge in [-0.2, -0.15) is 0 Å². The molecule has 0 bridgehead atoms. The Labute approximate surface area is 89.9 Å². The second kappa shape index (κ2) is 4.22. The Morgan fingerprint density at radius 1 is 1.07 bits per heavy atom. The van der Waals surface area contributed by atoms with E-state index in [0.29, 0.717) is 5.41 Å². The molecule has 0 spiro atoms. The van der Waals surface area contributed by atoms with Gasteiger partial charge in [-0.1, -0.05) is 27.7 Å². The molecule has 0 aliphatic heterocycles. The molecular formula is C13H27N. The average molecular weight is 197 g/mol. The maximum atomic E-state index is 2.41. The zero-order valence-corrected chi connectivity index (χ0v) is 10.8. The van der Waals surface area contributed by atoms with Crippen molar-refractivity contribution < 1.29 is 0 Å². The summed E-state index contributed by atoms with van der Waals surface area (Å²) in [6, 6.07) is 0.819. The number of hydrogen-bond acceptors (Lipinski definition) is 1. The summed E-state index contributed by atoms with van der Waals surface area (Å²) in [5, 5.41) is 0. The van der Waals surface area contributed by atoms with Crippen LogP contribution < -0.4 is 0 Å². The lowest BCUT2D eigenvalue weighted by Gasteiger charge is -2.38. The van der Waals surface area contributed by atoms with Gasteiger partial charge < -0.3 is 4.90 Å². The predicted molar refractivity (Wildman–Crippen MR) is 63.4 cm³/mol. The highest BCUT2D eigenvalue weighted by Crippen LogP contribution is 2.50. The summed E-state index contributed by atoms with van der Waals surface area (Å²) in [7, 11) is 4.45. The van der Waals surface area contributed by atoms with Gasteiger partial charge in [0.1, 0.15) is 0 Å². The van der Waals surface area contributed by atoms with Crippen molar-refractivity contribution in [1.82, 2.24) is 4.90 Å². The summed E-state index contributed by atoms with van der Waals surface area (Å²) < 4.78 is 0. The number of nitrogens with zero attached hydrogens (tertiary/aromatic N) is 1. The Bertz CT molecular complexity index is 174. The molecule has 0 heterocycles. The summed E-state index contributed by atoms with van der Waals surface area (Å²) in [6.07, 6.45) is 4.21. The van der Waals surface area contributed by atoms with Gasteiger partial charge in [-0.05, 0) is 50.6 Å². The van der Waals surface area contributed by atoms with Gasteiger partial charge in [-0.3, -0.25) is 0 Å². The summed E-state index contributed by atoms with van der Waals surface area (Å²) in [5.41, 5.74) is 0.606. The molecule has 1 heteroatoms. The minimum Gasteiger partial charge on any atom is -0.306 e. The van der Waals surface area contributed by atoms with Crippen molar-refractivity contribution in [3.8, 4) is 0 Å². The Kier molecular flexibility index (Phi) is 3.63. The van der Waals surface area contributed by atoms with E-state index in [9.17, 15) is 0 Å². The van der Waals surface area contributed by atoms with Crippen LogP contribution in [0.25, 0.3) is 0 Å². The summed E-state index contributed by atoms with van der Waals surface area (Å²) in [4.78, 5) is 2.41. The summed E-state index contributed by atoms with van der Waals surface area (Å²) in [5.74, 6) is 1.65. The molecule has 0 saturated heterocycles. The molecule has 0 radical (unpaired) electrons. The molecule has 14 heavy (non-hydrogen) atoms. The Morgan fingerprint density at radius 3 is 1.79 bits per heavy atom. The van der Waals surface area contributed by atoms with Crippen molar-refractivity contribution in [2.24, 2.45) is 17.3 Å². The van der Waals surface area contributed by atoms with E-state index >= 15 is 0 Å². The highest BCUT2D eigenvalue weighted by molar-refractivity contribution is 4.95. The molecule has 0 amide bonds. The van der Waals surface area contributed by atoms with Crippen molar-refractivity contribution in [1.29, 1.82) is 0 Å². The fourth-order valence-corrected chi connectivity index (χ4v) is 3.23. The second-order valence-electron chi connectivity index (χ2n) is 5.90. The SMILES string of the molecule is CC(C)C1(C(C)C)CCC(N(C)C)C1. The molecular weight excluding hydrogens is 170 g/mol. The fourth-order valence-electron chi connectivity index (χ4n) is 3.23. The lowest BCUT2D eigenvalue weighted by molar-refractivity contribution is 0.108. The van der Waals surface area contributed by atoms with Crippen LogP contribution >= 0.6 is 0 Å². The average Bonchev–Trinajstić information content (AvgIpc) is 2.48. The molecule has 1 aliphatic rings. The largest absolute Gasteiger partial charge is 0.306 e. The van der Waals surface area contributed by atoms with E-state index in [1.807, 2.05) is 0 Å². The maximum Gasteiger partial charge on any atom is 0.00948 e. The van der Waals surface area contributed by atoms with E-state index in [4.69, 9.17) is 0 Å². The first kappa shape index (κ1) is 12.0. The third-order valence-electron chi connectivity index (χ3n) is 4.59. The van der Waals surface area contributed by atoms with Crippen LogP contribution in [-0.4, -0.2) is 25.0 Å².